The van der Waals surface area contributed by atoms with E-state index in [1.54, 1.807) is 66.2 Å². The topological polar surface area (TPSA) is 124 Å². The standard InChI is InChI=1S/C32H42O10/c1-7-39-29(33)27(30(34)40-8-2)19-25(21-11-15-23(37-5)16-12-21)26(22-13-17-24(38-6)18-14-22)20-28(31(35)41-9-3)32(36)42-10-4/h11-18,25-28H,7-10,19-20H2,1-6H3/t25-,26+. The lowest BCUT2D eigenvalue weighted by molar-refractivity contribution is -0.164. The minimum Gasteiger partial charge on any atom is -0.497 e. The van der Waals surface area contributed by atoms with E-state index in [4.69, 9.17) is 28.4 Å². The van der Waals surface area contributed by atoms with Crippen molar-refractivity contribution < 1.29 is 47.6 Å². The maximum Gasteiger partial charge on any atom is 0.320 e. The third-order valence-electron chi connectivity index (χ3n) is 6.84. The molecule has 0 spiro atoms. The monoisotopic (exact) mass is 586 g/mol. The lowest BCUT2D eigenvalue weighted by atomic mass is 9.72. The summed E-state index contributed by atoms with van der Waals surface area (Å²) in [6.07, 6.45) is -0.0296. The number of hydrogen-bond donors (Lipinski definition) is 0. The fourth-order valence-corrected chi connectivity index (χ4v) is 4.82. The molecule has 0 amide bonds. The van der Waals surface area contributed by atoms with Crippen LogP contribution in [0.2, 0.25) is 0 Å². The highest BCUT2D eigenvalue weighted by molar-refractivity contribution is 5.95. The Hall–Kier alpha value is -4.08. The number of hydrogen-bond acceptors (Lipinski definition) is 10. The van der Waals surface area contributed by atoms with Crippen LogP contribution in [-0.4, -0.2) is 64.5 Å². The minimum absolute atomic E-state index is 0.0148. The Morgan fingerprint density at radius 2 is 0.762 bits per heavy atom. The second kappa shape index (κ2) is 17.7. The molecule has 0 saturated carbocycles. The number of esters is 4. The molecule has 2 aromatic rings. The van der Waals surface area contributed by atoms with Crippen LogP contribution in [0, 0.1) is 11.8 Å². The summed E-state index contributed by atoms with van der Waals surface area (Å²) in [4.78, 5) is 52.3. The fraction of sp³-hybridized carbons (Fsp3) is 0.500. The quantitative estimate of drug-likeness (QED) is 0.145. The van der Waals surface area contributed by atoms with Gasteiger partial charge in [0.1, 0.15) is 11.5 Å². The summed E-state index contributed by atoms with van der Waals surface area (Å²) in [6, 6.07) is 14.4. The van der Waals surface area contributed by atoms with E-state index < -0.39 is 47.5 Å². The first-order valence-corrected chi connectivity index (χ1v) is 14.2. The molecule has 0 radical (unpaired) electrons. The van der Waals surface area contributed by atoms with Crippen LogP contribution in [0.3, 0.4) is 0 Å². The van der Waals surface area contributed by atoms with Crippen LogP contribution in [0.1, 0.15) is 63.5 Å². The maximum atomic E-state index is 13.1. The smallest absolute Gasteiger partial charge is 0.320 e. The first kappa shape index (κ1) is 34.1. The molecule has 10 heteroatoms. The molecule has 10 nitrogen and oxygen atoms in total. The fourth-order valence-electron chi connectivity index (χ4n) is 4.82. The van der Waals surface area contributed by atoms with Crippen molar-refractivity contribution in [2.24, 2.45) is 11.8 Å². The Bertz CT molecular complexity index is 1020. The Labute approximate surface area is 247 Å². The number of carbonyl (C=O) groups is 4. The van der Waals surface area contributed by atoms with Crippen molar-refractivity contribution in [3.8, 4) is 11.5 Å². The summed E-state index contributed by atoms with van der Waals surface area (Å²) in [5, 5.41) is 0. The van der Waals surface area contributed by atoms with Gasteiger partial charge in [0.2, 0.25) is 0 Å². The highest BCUT2D eigenvalue weighted by atomic mass is 16.6. The van der Waals surface area contributed by atoms with Gasteiger partial charge in [0.25, 0.3) is 0 Å². The van der Waals surface area contributed by atoms with E-state index in [1.807, 2.05) is 24.3 Å². The molecule has 42 heavy (non-hydrogen) atoms. The average Bonchev–Trinajstić information content (AvgIpc) is 2.99. The van der Waals surface area contributed by atoms with Crippen molar-refractivity contribution in [2.45, 2.75) is 52.4 Å². The second-order valence-electron chi connectivity index (χ2n) is 9.34. The van der Waals surface area contributed by atoms with Gasteiger partial charge in [0.05, 0.1) is 40.6 Å². The molecule has 0 saturated heterocycles. The average molecular weight is 587 g/mol. The summed E-state index contributed by atoms with van der Waals surface area (Å²) in [5.74, 6) is -5.24. The SMILES string of the molecule is CCOC(=O)C(C[C@H](c1ccc(OC)cc1)[C@@H](CC(C(=O)OCC)C(=O)OCC)c1ccc(OC)cc1)C(=O)OCC. The van der Waals surface area contributed by atoms with Crippen LogP contribution in [-0.2, 0) is 38.1 Å². The van der Waals surface area contributed by atoms with E-state index in [1.165, 1.54) is 0 Å². The number of rotatable bonds is 17. The highest BCUT2D eigenvalue weighted by Crippen LogP contribution is 2.43. The summed E-state index contributed by atoms with van der Waals surface area (Å²) in [5.41, 5.74) is 1.50. The van der Waals surface area contributed by atoms with Gasteiger partial charge >= 0.3 is 23.9 Å². The molecule has 0 aliphatic heterocycles. The lowest BCUT2D eigenvalue weighted by Crippen LogP contribution is -2.34. The predicted molar refractivity (Wildman–Crippen MR) is 154 cm³/mol. The van der Waals surface area contributed by atoms with Crippen molar-refractivity contribution in [1.29, 1.82) is 0 Å². The van der Waals surface area contributed by atoms with Crippen molar-refractivity contribution in [1.82, 2.24) is 0 Å². The van der Waals surface area contributed by atoms with E-state index in [-0.39, 0.29) is 39.3 Å². The zero-order valence-corrected chi connectivity index (χ0v) is 25.3. The van der Waals surface area contributed by atoms with Gasteiger partial charge in [-0.05, 0) is 87.8 Å². The van der Waals surface area contributed by atoms with E-state index in [0.29, 0.717) is 11.5 Å². The third kappa shape index (κ3) is 9.49. The van der Waals surface area contributed by atoms with Crippen LogP contribution in [0.5, 0.6) is 11.5 Å². The molecule has 2 aromatic carbocycles. The highest BCUT2D eigenvalue weighted by Gasteiger charge is 2.40. The van der Waals surface area contributed by atoms with E-state index in [2.05, 4.69) is 0 Å². The predicted octanol–water partition coefficient (Wildman–Crippen LogP) is 4.84. The van der Waals surface area contributed by atoms with E-state index in [9.17, 15) is 19.2 Å². The second-order valence-corrected chi connectivity index (χ2v) is 9.34. The van der Waals surface area contributed by atoms with Gasteiger partial charge in [-0.2, -0.15) is 0 Å². The Balaban J connectivity index is 2.75. The van der Waals surface area contributed by atoms with Crippen LogP contribution < -0.4 is 9.47 Å². The Morgan fingerprint density at radius 3 is 0.976 bits per heavy atom. The molecular formula is C32H42O10. The van der Waals surface area contributed by atoms with Gasteiger partial charge in [-0.1, -0.05) is 24.3 Å². The van der Waals surface area contributed by atoms with Gasteiger partial charge in [-0.15, -0.1) is 0 Å². The molecule has 2 atom stereocenters. The van der Waals surface area contributed by atoms with Crippen molar-refractivity contribution in [3.63, 3.8) is 0 Å². The zero-order chi connectivity index (χ0) is 31.1. The van der Waals surface area contributed by atoms with Crippen LogP contribution in [0.4, 0.5) is 0 Å². The maximum absolute atomic E-state index is 13.1. The minimum atomic E-state index is -1.25. The Morgan fingerprint density at radius 1 is 0.500 bits per heavy atom. The van der Waals surface area contributed by atoms with E-state index >= 15 is 0 Å². The Kier molecular flexibility index (Phi) is 14.4. The summed E-state index contributed by atoms with van der Waals surface area (Å²) >= 11 is 0. The molecule has 0 heterocycles. The number of ether oxygens (including phenoxy) is 6. The lowest BCUT2D eigenvalue weighted by Gasteiger charge is -2.32. The van der Waals surface area contributed by atoms with Crippen LogP contribution in [0.15, 0.2) is 48.5 Å². The first-order chi connectivity index (χ1) is 20.2. The van der Waals surface area contributed by atoms with Gasteiger partial charge in [0, 0.05) is 0 Å². The molecular weight excluding hydrogens is 544 g/mol. The van der Waals surface area contributed by atoms with Gasteiger partial charge in [0.15, 0.2) is 11.8 Å². The van der Waals surface area contributed by atoms with Crippen molar-refractivity contribution >= 4 is 23.9 Å². The molecule has 0 bridgehead atoms. The van der Waals surface area contributed by atoms with Crippen LogP contribution in [0.25, 0.3) is 0 Å². The molecule has 0 aromatic heterocycles. The number of methoxy groups -OCH3 is 2. The zero-order valence-electron chi connectivity index (χ0n) is 25.3. The molecule has 0 aliphatic rings. The first-order valence-electron chi connectivity index (χ1n) is 14.2. The molecule has 0 unspecified atom stereocenters. The van der Waals surface area contributed by atoms with Crippen LogP contribution >= 0.6 is 0 Å². The normalized spacial score (nSPS) is 12.3. The van der Waals surface area contributed by atoms with Crippen molar-refractivity contribution in [3.05, 3.63) is 59.7 Å². The van der Waals surface area contributed by atoms with Crippen molar-refractivity contribution in [2.75, 3.05) is 40.6 Å². The summed E-state index contributed by atoms with van der Waals surface area (Å²) in [7, 11) is 3.10. The number of benzene rings is 2. The largest absolute Gasteiger partial charge is 0.497 e. The third-order valence-corrected chi connectivity index (χ3v) is 6.84. The molecule has 230 valence electrons. The van der Waals surface area contributed by atoms with E-state index in [0.717, 1.165) is 11.1 Å². The van der Waals surface area contributed by atoms with Gasteiger partial charge < -0.3 is 28.4 Å². The molecule has 0 N–H and O–H groups in total. The molecule has 2 rings (SSSR count). The van der Waals surface area contributed by atoms with Gasteiger partial charge in [-0.3, -0.25) is 19.2 Å². The summed E-state index contributed by atoms with van der Waals surface area (Å²) in [6.45, 7) is 6.95. The molecule has 0 fully saturated rings. The number of carbonyl (C=O) groups excluding carboxylic acids is 4. The van der Waals surface area contributed by atoms with Gasteiger partial charge in [-0.25, -0.2) is 0 Å². The molecule has 0 aliphatic carbocycles. The summed E-state index contributed by atoms with van der Waals surface area (Å²) < 4.78 is 31.7.